The molecule has 19 heavy (non-hydrogen) atoms. The SMILES string of the molecule is OC1CCCCC1Cc1nc(C2CCCCC2)no1. The Morgan fingerprint density at radius 2 is 1.74 bits per heavy atom. The molecule has 106 valence electrons. The van der Waals surface area contributed by atoms with E-state index in [9.17, 15) is 5.11 Å². The molecule has 0 aliphatic heterocycles. The molecule has 0 amide bonds. The lowest BCUT2D eigenvalue weighted by Gasteiger charge is -2.26. The van der Waals surface area contributed by atoms with Gasteiger partial charge in [0.1, 0.15) is 0 Å². The molecule has 0 spiro atoms. The lowest BCUT2D eigenvalue weighted by Crippen LogP contribution is -2.26. The van der Waals surface area contributed by atoms with Gasteiger partial charge >= 0.3 is 0 Å². The topological polar surface area (TPSA) is 59.2 Å². The van der Waals surface area contributed by atoms with Crippen molar-refractivity contribution in [2.24, 2.45) is 5.92 Å². The van der Waals surface area contributed by atoms with Crippen LogP contribution in [0, 0.1) is 5.92 Å². The van der Waals surface area contributed by atoms with E-state index in [4.69, 9.17) is 4.52 Å². The van der Waals surface area contributed by atoms with Crippen molar-refractivity contribution in [1.82, 2.24) is 10.1 Å². The Morgan fingerprint density at radius 1 is 1.00 bits per heavy atom. The smallest absolute Gasteiger partial charge is 0.227 e. The molecular formula is C15H24N2O2. The summed E-state index contributed by atoms with van der Waals surface area (Å²) >= 11 is 0. The highest BCUT2D eigenvalue weighted by Crippen LogP contribution is 2.32. The minimum Gasteiger partial charge on any atom is -0.393 e. The Balaban J connectivity index is 1.60. The van der Waals surface area contributed by atoms with Crippen molar-refractivity contribution in [3.05, 3.63) is 11.7 Å². The van der Waals surface area contributed by atoms with E-state index in [1.54, 1.807) is 0 Å². The summed E-state index contributed by atoms with van der Waals surface area (Å²) in [6.45, 7) is 0. The molecule has 2 unspecified atom stereocenters. The van der Waals surface area contributed by atoms with Crippen molar-refractivity contribution < 1.29 is 9.63 Å². The number of hydrogen-bond acceptors (Lipinski definition) is 4. The summed E-state index contributed by atoms with van der Waals surface area (Å²) in [4.78, 5) is 4.57. The second kappa shape index (κ2) is 6.04. The molecule has 0 radical (unpaired) electrons. The van der Waals surface area contributed by atoms with E-state index < -0.39 is 0 Å². The first-order valence-corrected chi connectivity index (χ1v) is 7.83. The van der Waals surface area contributed by atoms with E-state index in [-0.39, 0.29) is 6.10 Å². The standard InChI is InChI=1S/C15H24N2O2/c18-13-9-5-4-8-12(13)10-14-16-15(17-19-14)11-6-2-1-3-7-11/h11-13,18H,1-10H2. The minimum absolute atomic E-state index is 0.182. The van der Waals surface area contributed by atoms with Crippen LogP contribution in [0.1, 0.15) is 75.4 Å². The third-order valence-corrected chi connectivity index (χ3v) is 4.76. The molecule has 3 rings (SSSR count). The van der Waals surface area contributed by atoms with Gasteiger partial charge in [0.2, 0.25) is 5.89 Å². The molecule has 1 N–H and O–H groups in total. The zero-order valence-electron chi connectivity index (χ0n) is 11.6. The molecule has 0 bridgehead atoms. The number of hydrogen-bond donors (Lipinski definition) is 1. The number of aromatic nitrogens is 2. The summed E-state index contributed by atoms with van der Waals surface area (Å²) in [5.41, 5.74) is 0. The predicted octanol–water partition coefficient (Wildman–Crippen LogP) is 3.21. The Hall–Kier alpha value is -0.900. The maximum Gasteiger partial charge on any atom is 0.227 e. The molecule has 2 fully saturated rings. The molecule has 1 aromatic rings. The fourth-order valence-corrected chi connectivity index (χ4v) is 3.53. The third kappa shape index (κ3) is 3.16. The van der Waals surface area contributed by atoms with Crippen LogP contribution in [-0.2, 0) is 6.42 Å². The van der Waals surface area contributed by atoms with Crippen LogP contribution in [-0.4, -0.2) is 21.4 Å². The van der Waals surface area contributed by atoms with Crippen LogP contribution < -0.4 is 0 Å². The van der Waals surface area contributed by atoms with Gasteiger partial charge in [-0.2, -0.15) is 4.98 Å². The summed E-state index contributed by atoms with van der Waals surface area (Å²) in [6, 6.07) is 0. The summed E-state index contributed by atoms with van der Waals surface area (Å²) < 4.78 is 5.40. The first-order chi connectivity index (χ1) is 9.33. The van der Waals surface area contributed by atoms with E-state index >= 15 is 0 Å². The maximum atomic E-state index is 10.00. The molecule has 1 heterocycles. The first-order valence-electron chi connectivity index (χ1n) is 7.83. The highest BCUT2D eigenvalue weighted by Gasteiger charge is 2.26. The summed E-state index contributed by atoms with van der Waals surface area (Å²) in [5, 5.41) is 14.2. The van der Waals surface area contributed by atoms with E-state index in [0.29, 0.717) is 11.8 Å². The largest absolute Gasteiger partial charge is 0.393 e. The third-order valence-electron chi connectivity index (χ3n) is 4.76. The van der Waals surface area contributed by atoms with E-state index in [1.807, 2.05) is 0 Å². The average molecular weight is 264 g/mol. The van der Waals surface area contributed by atoms with Gasteiger partial charge in [0.25, 0.3) is 0 Å². The van der Waals surface area contributed by atoms with Crippen LogP contribution >= 0.6 is 0 Å². The Bertz CT molecular complexity index is 399. The monoisotopic (exact) mass is 264 g/mol. The van der Waals surface area contributed by atoms with Crippen LogP contribution in [0.3, 0.4) is 0 Å². The fourth-order valence-electron chi connectivity index (χ4n) is 3.53. The Morgan fingerprint density at radius 3 is 2.53 bits per heavy atom. The Kier molecular flexibility index (Phi) is 4.16. The van der Waals surface area contributed by atoms with Crippen LogP contribution in [0.15, 0.2) is 4.52 Å². The van der Waals surface area contributed by atoms with Crippen molar-refractivity contribution in [2.75, 3.05) is 0 Å². The van der Waals surface area contributed by atoms with Gasteiger partial charge in [0.05, 0.1) is 6.10 Å². The molecule has 0 saturated heterocycles. The fraction of sp³-hybridized carbons (Fsp3) is 0.867. The van der Waals surface area contributed by atoms with Crippen molar-refractivity contribution in [2.45, 2.75) is 76.2 Å². The van der Waals surface area contributed by atoms with Gasteiger partial charge in [-0.3, -0.25) is 0 Å². The molecule has 2 aliphatic carbocycles. The summed E-state index contributed by atoms with van der Waals surface area (Å²) in [7, 11) is 0. The zero-order valence-corrected chi connectivity index (χ0v) is 11.6. The van der Waals surface area contributed by atoms with Gasteiger partial charge in [0, 0.05) is 12.3 Å². The van der Waals surface area contributed by atoms with Gasteiger partial charge in [-0.1, -0.05) is 37.3 Å². The minimum atomic E-state index is -0.182. The van der Waals surface area contributed by atoms with Gasteiger partial charge in [-0.05, 0) is 31.6 Å². The summed E-state index contributed by atoms with van der Waals surface area (Å²) in [6.07, 6.45) is 11.3. The average Bonchev–Trinajstić information content (AvgIpc) is 2.91. The zero-order chi connectivity index (χ0) is 13.1. The number of aliphatic hydroxyl groups excluding tert-OH is 1. The summed E-state index contributed by atoms with van der Waals surface area (Å²) in [5.74, 6) is 2.45. The molecule has 2 aliphatic rings. The molecule has 2 saturated carbocycles. The van der Waals surface area contributed by atoms with Crippen LogP contribution in [0.5, 0.6) is 0 Å². The molecule has 4 nitrogen and oxygen atoms in total. The van der Waals surface area contributed by atoms with Crippen molar-refractivity contribution in [1.29, 1.82) is 0 Å². The van der Waals surface area contributed by atoms with Crippen molar-refractivity contribution >= 4 is 0 Å². The molecule has 1 aromatic heterocycles. The highest BCUT2D eigenvalue weighted by molar-refractivity contribution is 4.98. The predicted molar refractivity (Wildman–Crippen MR) is 71.8 cm³/mol. The van der Waals surface area contributed by atoms with Crippen molar-refractivity contribution in [3.63, 3.8) is 0 Å². The van der Waals surface area contributed by atoms with Gasteiger partial charge < -0.3 is 9.63 Å². The van der Waals surface area contributed by atoms with Gasteiger partial charge in [-0.15, -0.1) is 0 Å². The first kappa shape index (κ1) is 13.1. The van der Waals surface area contributed by atoms with E-state index in [2.05, 4.69) is 10.1 Å². The number of rotatable bonds is 3. The molecular weight excluding hydrogens is 240 g/mol. The molecule has 0 aromatic carbocycles. The van der Waals surface area contributed by atoms with Crippen molar-refractivity contribution in [3.8, 4) is 0 Å². The van der Waals surface area contributed by atoms with Crippen LogP contribution in [0.2, 0.25) is 0 Å². The lowest BCUT2D eigenvalue weighted by atomic mass is 9.84. The second-order valence-electron chi connectivity index (χ2n) is 6.20. The van der Waals surface area contributed by atoms with E-state index in [1.165, 1.54) is 38.5 Å². The number of nitrogens with zero attached hydrogens (tertiary/aromatic N) is 2. The second-order valence-corrected chi connectivity index (χ2v) is 6.20. The quantitative estimate of drug-likeness (QED) is 0.910. The maximum absolute atomic E-state index is 10.00. The van der Waals surface area contributed by atoms with Crippen LogP contribution in [0.4, 0.5) is 0 Å². The van der Waals surface area contributed by atoms with Crippen LogP contribution in [0.25, 0.3) is 0 Å². The Labute approximate surface area is 114 Å². The normalized spacial score (nSPS) is 29.5. The highest BCUT2D eigenvalue weighted by atomic mass is 16.5. The molecule has 4 heteroatoms. The number of aliphatic hydroxyl groups is 1. The van der Waals surface area contributed by atoms with Gasteiger partial charge in [-0.25, -0.2) is 0 Å². The van der Waals surface area contributed by atoms with Gasteiger partial charge in [0.15, 0.2) is 5.82 Å². The van der Waals surface area contributed by atoms with E-state index in [0.717, 1.165) is 37.4 Å². The molecule has 2 atom stereocenters. The lowest BCUT2D eigenvalue weighted by molar-refractivity contribution is 0.0657.